The van der Waals surface area contributed by atoms with Gasteiger partial charge >= 0.3 is 0 Å². The lowest BCUT2D eigenvalue weighted by Gasteiger charge is -0.270. The van der Waals surface area contributed by atoms with Crippen LogP contribution >= 0.6 is 0 Å². The Labute approximate surface area is 26.8 Å². The van der Waals surface area contributed by atoms with Gasteiger partial charge in [0, 0.05) is 2.85 Å². The van der Waals surface area contributed by atoms with E-state index >= 15 is 0 Å². The van der Waals surface area contributed by atoms with Gasteiger partial charge in [-0.2, -0.15) is 0 Å². The van der Waals surface area contributed by atoms with E-state index in [1.54, 1.807) is 0 Å². The highest BCUT2D eigenvalue weighted by Gasteiger charge is 0.0814. The minimum Gasteiger partial charge on any atom is -0.269 e. The van der Waals surface area contributed by atoms with Gasteiger partial charge in [0.15, 0.2) is 0 Å². The minimum atomic E-state index is 0. The number of halogens is 3. The third-order valence-corrected chi connectivity index (χ3v) is 0. The predicted molar refractivity (Wildman–Crippen MR) is 21.7 cm³/mol. The molecule has 0 heterocycles. The smallest absolute Gasteiger partial charge is 0.0814 e. The first-order valence-corrected chi connectivity index (χ1v) is 0. The number of rotatable bonds is 0. The molecule has 0 bridgehead atoms. The first-order chi connectivity index (χ1) is 0. The molecule has 0 radical (unpaired) electrons. The van der Waals surface area contributed by atoms with Crippen LogP contribution in [0, 0.1) is 0 Å². The van der Waals surface area contributed by atoms with Gasteiger partial charge in [-0.25, -0.2) is 0 Å². The summed E-state index contributed by atoms with van der Waals surface area (Å²) in [5, 5.41) is 0. The molecule has 0 aromatic heterocycles. The van der Waals surface area contributed by atoms with Gasteiger partial charge in [0.2, 0.25) is 0 Å². The van der Waals surface area contributed by atoms with E-state index in [2.05, 4.69) is 0 Å². The van der Waals surface area contributed by atoms with Crippen LogP contribution in [-0.4, -0.2) is 8.41 Å². The molecule has 0 nitrogen and oxygen atoms in total. The van der Waals surface area contributed by atoms with Crippen LogP contribution in [0.5, 0.6) is 0 Å². The van der Waals surface area contributed by atoms with Crippen molar-refractivity contribution in [2.75, 3.05) is 0 Å². The number of hydrogen-bond acceptors (Lipinski definition) is 0. The molecule has 0 N–H and O–H groups in total. The molecule has 0 saturated carbocycles. The van der Waals surface area contributed by atoms with E-state index in [9.17, 15) is 0 Å². The second kappa shape index (κ2) is 467. The van der Waals surface area contributed by atoms with E-state index in [-0.39, 0.29) is 25.4 Å². The average Bonchev–Trinajstić information content (AvgIpc) is 0. The van der Waals surface area contributed by atoms with Crippen LogP contribution in [0.4, 0.5) is 14.1 Å². The van der Waals surface area contributed by atoms with Crippen LogP contribution in [0.3, 0.4) is 0 Å². The van der Waals surface area contributed by atoms with Crippen LogP contribution in [0.25, 0.3) is 0 Å². The molecule has 0 aromatic rings. The Morgan fingerprint density at radius 2 is 0.750 bits per heavy atom. The van der Waals surface area contributed by atoms with Crippen molar-refractivity contribution in [3.63, 3.8) is 0 Å². The number of hydrogen-bond donors (Lipinski definition) is 0. The molecule has 34 valence electrons. The van der Waals surface area contributed by atoms with Gasteiger partial charge in [0.1, 0.15) is 0 Å². The van der Waals surface area contributed by atoms with Gasteiger partial charge < -0.3 is 0 Å². The SMILES string of the molecule is B.F.F.F.[HH].[HH]. The lowest BCUT2D eigenvalue weighted by atomic mass is 10.8. The van der Waals surface area contributed by atoms with Gasteiger partial charge in [-0.15, -0.1) is 0 Å². The van der Waals surface area contributed by atoms with Gasteiger partial charge in [-0.05, 0) is 0 Å². The molecule has 0 rings (SSSR count). The summed E-state index contributed by atoms with van der Waals surface area (Å²) >= 11 is 0. The lowest BCUT2D eigenvalue weighted by Crippen LogP contribution is -0.381. The van der Waals surface area contributed by atoms with Gasteiger partial charge in [-0.1, -0.05) is 0 Å². The second-order valence-corrected chi connectivity index (χ2v) is 0. The van der Waals surface area contributed by atoms with Crippen LogP contribution in [-0.2, 0) is 0 Å². The zero-order valence-electron chi connectivity index (χ0n) is 1.22. The molecule has 0 amide bonds. The Bertz CT molecular complexity index is 8.75. The average molecular weight is 77.9 g/mol. The maximum atomic E-state index is 0. The fourth-order valence-electron chi connectivity index (χ4n) is 0. The lowest BCUT2D eigenvalue weighted by molar-refractivity contribution is 1.11. The van der Waals surface area contributed by atoms with E-state index < -0.39 is 0 Å². The zero-order chi connectivity index (χ0) is 0. The molecule has 4 heteroatoms. The van der Waals surface area contributed by atoms with Crippen molar-refractivity contribution in [2.24, 2.45) is 0 Å². The molecule has 0 aliphatic rings. The Morgan fingerprint density at radius 1 is 0.750 bits per heavy atom. The Kier molecular flexibility index (Phi) is 174000. The molecule has 0 aliphatic heterocycles. The molecule has 0 aliphatic carbocycles. The van der Waals surface area contributed by atoms with Crippen molar-refractivity contribution in [3.05, 3.63) is 0 Å². The van der Waals surface area contributed by atoms with E-state index in [1.807, 2.05) is 0 Å². The molecule has 0 spiro atoms. The fourth-order valence-corrected chi connectivity index (χ4v) is 0. The highest BCUT2D eigenvalue weighted by molar-refractivity contribution is 5.75. The second-order valence-electron chi connectivity index (χ2n) is 0. The Balaban J connectivity index is 0. The Morgan fingerprint density at radius 3 is 0.750 bits per heavy atom. The summed E-state index contributed by atoms with van der Waals surface area (Å²) in [7, 11) is 0. The van der Waals surface area contributed by atoms with Crippen LogP contribution in [0.1, 0.15) is 2.85 Å². The minimum absolute atomic E-state index is 0. The predicted octanol–water partition coefficient (Wildman–Crippen LogP) is -0.234. The van der Waals surface area contributed by atoms with E-state index in [0.29, 0.717) is 0 Å². The first kappa shape index (κ1) is 1490. The molecule has 0 aromatic carbocycles. The van der Waals surface area contributed by atoms with Crippen molar-refractivity contribution in [1.29, 1.82) is 0 Å². The quantitative estimate of drug-likeness (QED) is 0.351. The summed E-state index contributed by atoms with van der Waals surface area (Å²) in [6, 6.07) is 0. The van der Waals surface area contributed by atoms with Crippen LogP contribution < -0.4 is 0 Å². The first-order valence-electron chi connectivity index (χ1n) is 0. The van der Waals surface area contributed by atoms with Crippen LogP contribution in [0.2, 0.25) is 0 Å². The van der Waals surface area contributed by atoms with Gasteiger partial charge in [-0.3, -0.25) is 14.1 Å². The van der Waals surface area contributed by atoms with Crippen molar-refractivity contribution in [3.8, 4) is 0 Å². The molecule has 0 saturated heterocycles. The Hall–Kier alpha value is -0.145. The fraction of sp³-hybridized carbons (Fsp3) is 0. The molecule has 0 fully saturated rings. The van der Waals surface area contributed by atoms with Crippen molar-refractivity contribution < 1.29 is 17.0 Å². The van der Waals surface area contributed by atoms with Gasteiger partial charge in [0.25, 0.3) is 0 Å². The highest BCUT2D eigenvalue weighted by atomic mass is 19.0. The highest BCUT2D eigenvalue weighted by Crippen LogP contribution is 0.422. The maximum absolute atomic E-state index is 0. The van der Waals surface area contributed by atoms with Crippen molar-refractivity contribution in [1.82, 2.24) is 0 Å². The molecule has 0 unspecified atom stereocenters. The van der Waals surface area contributed by atoms with Crippen molar-refractivity contribution in [2.45, 2.75) is 0 Å². The summed E-state index contributed by atoms with van der Waals surface area (Å²) in [4.78, 5) is 0. The van der Waals surface area contributed by atoms with Crippen LogP contribution in [0.15, 0.2) is 0 Å². The third-order valence-electron chi connectivity index (χ3n) is 0. The molecular formula is H10BF3. The molecular weight excluding hydrogens is 67.8 g/mol. The third kappa shape index (κ3) is 64.4. The topological polar surface area (TPSA) is 0 Å². The zero-order valence-corrected chi connectivity index (χ0v) is 1.22. The largest absolute Gasteiger partial charge is 0.269 e. The van der Waals surface area contributed by atoms with E-state index in [4.69, 9.17) is 0 Å². The van der Waals surface area contributed by atoms with Crippen molar-refractivity contribution >= 4 is 8.41 Å². The summed E-state index contributed by atoms with van der Waals surface area (Å²) < 4.78 is 0. The monoisotopic (exact) mass is 78.1 g/mol. The van der Waals surface area contributed by atoms with E-state index in [0.717, 1.165) is 0 Å². The normalized spacial score (nSPS) is 0. The summed E-state index contributed by atoms with van der Waals surface area (Å²) in [5.41, 5.74) is 0. The summed E-state index contributed by atoms with van der Waals surface area (Å²) in [6.07, 6.45) is 0. The maximum Gasteiger partial charge on any atom is 0.0814 e. The summed E-state index contributed by atoms with van der Waals surface area (Å²) in [6.45, 7) is 0. The summed E-state index contributed by atoms with van der Waals surface area (Å²) in [5.74, 6) is 0. The van der Waals surface area contributed by atoms with Gasteiger partial charge in [0.05, 0.1) is 8.41 Å². The molecule has 4 heavy (non-hydrogen) atoms. The molecule has 0 atom stereocenters. The standard InChI is InChI=1S/BH3.3FH.2H2/h1H3;5*1H. The van der Waals surface area contributed by atoms with E-state index in [1.165, 1.54) is 0 Å².